The lowest BCUT2D eigenvalue weighted by atomic mass is 10.1. The Morgan fingerprint density at radius 2 is 2.20 bits per heavy atom. The van der Waals surface area contributed by atoms with E-state index in [1.807, 2.05) is 6.07 Å². The van der Waals surface area contributed by atoms with Gasteiger partial charge in [0.15, 0.2) is 0 Å². The first-order valence-electron chi connectivity index (χ1n) is 6.07. The highest BCUT2D eigenvalue weighted by atomic mass is 79.9. The molecule has 7 heteroatoms. The Hall–Kier alpha value is -1.89. The Bertz CT molecular complexity index is 732. The lowest BCUT2D eigenvalue weighted by molar-refractivity contribution is -0.121. The summed E-state index contributed by atoms with van der Waals surface area (Å²) in [6, 6.07) is 4.51. The molecule has 0 aliphatic rings. The van der Waals surface area contributed by atoms with Gasteiger partial charge in [0, 0.05) is 17.9 Å². The molecule has 2 rings (SSSR count). The van der Waals surface area contributed by atoms with Crippen LogP contribution >= 0.6 is 15.9 Å². The van der Waals surface area contributed by atoms with E-state index in [1.165, 1.54) is 9.13 Å². The molecule has 1 amide bonds. The van der Waals surface area contributed by atoms with Crippen LogP contribution in [-0.2, 0) is 16.6 Å². The van der Waals surface area contributed by atoms with Gasteiger partial charge in [-0.05, 0) is 34.5 Å². The van der Waals surface area contributed by atoms with Crippen LogP contribution in [0.4, 0.5) is 0 Å². The quantitative estimate of drug-likeness (QED) is 0.827. The summed E-state index contributed by atoms with van der Waals surface area (Å²) < 4.78 is 3.56. The molecule has 0 aliphatic carbocycles. The van der Waals surface area contributed by atoms with Crippen LogP contribution in [0.5, 0.6) is 0 Å². The van der Waals surface area contributed by atoms with Crippen LogP contribution in [0, 0.1) is 0 Å². The number of aldehydes is 1. The highest BCUT2D eigenvalue weighted by Gasteiger charge is 2.24. The van der Waals surface area contributed by atoms with Crippen LogP contribution in [0.15, 0.2) is 27.5 Å². The number of benzene rings is 1. The monoisotopic (exact) mass is 339 g/mol. The van der Waals surface area contributed by atoms with Crippen LogP contribution in [-0.4, -0.2) is 21.3 Å². The molecular formula is C13H14BrN3O3. The second-order valence-corrected chi connectivity index (χ2v) is 5.34. The molecule has 0 bridgehead atoms. The van der Waals surface area contributed by atoms with Gasteiger partial charge < -0.3 is 10.5 Å². The second kappa shape index (κ2) is 5.62. The summed E-state index contributed by atoms with van der Waals surface area (Å²) in [7, 11) is 1.63. The largest absolute Gasteiger partial charge is 0.368 e. The summed E-state index contributed by atoms with van der Waals surface area (Å²) in [5.41, 5.74) is 6.35. The van der Waals surface area contributed by atoms with E-state index in [9.17, 15) is 14.4 Å². The van der Waals surface area contributed by atoms with Gasteiger partial charge in [0.25, 0.3) is 0 Å². The summed E-state index contributed by atoms with van der Waals surface area (Å²) in [6.07, 6.45) is 1.09. The number of primary amides is 1. The number of amides is 1. The number of imidazole rings is 1. The third-order valence-electron chi connectivity index (χ3n) is 3.25. The molecule has 2 aromatic rings. The van der Waals surface area contributed by atoms with Crippen LogP contribution in [0.3, 0.4) is 0 Å². The number of carbonyl (C=O) groups is 2. The lowest BCUT2D eigenvalue weighted by Crippen LogP contribution is -2.34. The van der Waals surface area contributed by atoms with Crippen molar-refractivity contribution >= 4 is 39.2 Å². The Labute approximate surface area is 123 Å². The predicted octanol–water partition coefficient (Wildman–Crippen LogP) is 1.11. The molecule has 1 unspecified atom stereocenters. The first-order valence-corrected chi connectivity index (χ1v) is 6.86. The highest BCUT2D eigenvalue weighted by Crippen LogP contribution is 2.25. The number of aryl methyl sites for hydroxylation is 1. The number of hydrogen-bond donors (Lipinski definition) is 1. The second-order valence-electron chi connectivity index (χ2n) is 4.48. The number of hydrogen-bond acceptors (Lipinski definition) is 3. The summed E-state index contributed by atoms with van der Waals surface area (Å²) in [6.45, 7) is 0. The van der Waals surface area contributed by atoms with E-state index in [0.29, 0.717) is 17.3 Å². The molecule has 0 saturated carbocycles. The molecule has 2 N–H and O–H groups in total. The maximum atomic E-state index is 12.4. The standard InChI is InChI=1S/C13H14BrN3O3/c1-16-11-8(14)4-2-5-9(11)17(13(16)20)10(12(15)19)6-3-7-18/h2,4-5,7,10H,3,6H2,1H3,(H2,15,19). The average Bonchev–Trinajstić information content (AvgIpc) is 2.65. The Kier molecular flexibility index (Phi) is 4.08. The van der Waals surface area contributed by atoms with E-state index < -0.39 is 11.9 Å². The molecule has 0 radical (unpaired) electrons. The van der Waals surface area contributed by atoms with Crippen molar-refractivity contribution in [2.75, 3.05) is 0 Å². The zero-order valence-corrected chi connectivity index (χ0v) is 12.5. The van der Waals surface area contributed by atoms with Gasteiger partial charge in [-0.2, -0.15) is 0 Å². The van der Waals surface area contributed by atoms with E-state index in [1.54, 1.807) is 19.2 Å². The Morgan fingerprint density at radius 1 is 1.50 bits per heavy atom. The number of aromatic nitrogens is 2. The summed E-state index contributed by atoms with van der Waals surface area (Å²) >= 11 is 3.39. The van der Waals surface area contributed by atoms with Gasteiger partial charge in [0.2, 0.25) is 5.91 Å². The van der Waals surface area contributed by atoms with Gasteiger partial charge in [-0.25, -0.2) is 4.79 Å². The Balaban J connectivity index is 2.72. The number of rotatable bonds is 5. The molecule has 1 aromatic heterocycles. The maximum Gasteiger partial charge on any atom is 0.329 e. The molecule has 106 valence electrons. The molecule has 6 nitrogen and oxygen atoms in total. The van der Waals surface area contributed by atoms with E-state index in [4.69, 9.17) is 5.73 Å². The Morgan fingerprint density at radius 3 is 2.80 bits per heavy atom. The molecule has 1 aromatic carbocycles. The normalized spacial score (nSPS) is 12.5. The van der Waals surface area contributed by atoms with Crippen LogP contribution in [0.2, 0.25) is 0 Å². The lowest BCUT2D eigenvalue weighted by Gasteiger charge is -2.13. The van der Waals surface area contributed by atoms with Gasteiger partial charge in [-0.15, -0.1) is 0 Å². The summed E-state index contributed by atoms with van der Waals surface area (Å²) in [5, 5.41) is 0. The fourth-order valence-corrected chi connectivity index (χ4v) is 2.94. The van der Waals surface area contributed by atoms with Gasteiger partial charge in [-0.1, -0.05) is 6.07 Å². The number of para-hydroxylation sites is 1. The number of nitrogens with zero attached hydrogens (tertiary/aromatic N) is 2. The van der Waals surface area contributed by atoms with Crippen molar-refractivity contribution in [1.29, 1.82) is 0 Å². The van der Waals surface area contributed by atoms with Gasteiger partial charge in [0.1, 0.15) is 12.3 Å². The van der Waals surface area contributed by atoms with Gasteiger partial charge >= 0.3 is 5.69 Å². The SMILES string of the molecule is Cn1c(=O)n(C(CCC=O)C(N)=O)c2cccc(Br)c21. The molecule has 1 heterocycles. The number of carbonyl (C=O) groups excluding carboxylic acids is 2. The van der Waals surface area contributed by atoms with Crippen molar-refractivity contribution in [1.82, 2.24) is 9.13 Å². The molecule has 20 heavy (non-hydrogen) atoms. The zero-order chi connectivity index (χ0) is 14.9. The summed E-state index contributed by atoms with van der Waals surface area (Å²) in [5.74, 6) is -0.624. The maximum absolute atomic E-state index is 12.4. The van der Waals surface area contributed by atoms with Crippen LogP contribution in [0.25, 0.3) is 11.0 Å². The van der Waals surface area contributed by atoms with E-state index >= 15 is 0 Å². The van der Waals surface area contributed by atoms with Gasteiger partial charge in [0.05, 0.1) is 11.0 Å². The first kappa shape index (κ1) is 14.5. The zero-order valence-electron chi connectivity index (χ0n) is 10.9. The van der Waals surface area contributed by atoms with Crippen molar-refractivity contribution < 1.29 is 9.59 Å². The third-order valence-corrected chi connectivity index (χ3v) is 3.89. The molecular weight excluding hydrogens is 326 g/mol. The highest BCUT2D eigenvalue weighted by molar-refractivity contribution is 9.10. The third kappa shape index (κ3) is 2.29. The minimum Gasteiger partial charge on any atom is -0.368 e. The molecule has 0 fully saturated rings. The van der Waals surface area contributed by atoms with E-state index in [0.717, 1.165) is 4.47 Å². The first-order chi connectivity index (χ1) is 9.49. The summed E-state index contributed by atoms with van der Waals surface area (Å²) in [4.78, 5) is 34.5. The predicted molar refractivity (Wildman–Crippen MR) is 78.4 cm³/mol. The number of fused-ring (bicyclic) bond motifs is 1. The number of nitrogens with two attached hydrogens (primary N) is 1. The van der Waals surface area contributed by atoms with Crippen LogP contribution < -0.4 is 11.4 Å². The van der Waals surface area contributed by atoms with E-state index in [-0.39, 0.29) is 18.5 Å². The fraction of sp³-hybridized carbons (Fsp3) is 0.308. The van der Waals surface area contributed by atoms with Crippen molar-refractivity contribution in [2.45, 2.75) is 18.9 Å². The fourth-order valence-electron chi connectivity index (χ4n) is 2.32. The van der Waals surface area contributed by atoms with Crippen molar-refractivity contribution in [3.63, 3.8) is 0 Å². The van der Waals surface area contributed by atoms with Crippen LogP contribution in [0.1, 0.15) is 18.9 Å². The minimum atomic E-state index is -0.828. The smallest absolute Gasteiger partial charge is 0.329 e. The van der Waals surface area contributed by atoms with Gasteiger partial charge in [-0.3, -0.25) is 13.9 Å². The average molecular weight is 340 g/mol. The van der Waals surface area contributed by atoms with E-state index in [2.05, 4.69) is 15.9 Å². The van der Waals surface area contributed by atoms with Crippen molar-refractivity contribution in [2.24, 2.45) is 12.8 Å². The molecule has 0 saturated heterocycles. The minimum absolute atomic E-state index is 0.171. The molecule has 0 spiro atoms. The topological polar surface area (TPSA) is 87.1 Å². The van der Waals surface area contributed by atoms with Crippen molar-refractivity contribution in [3.05, 3.63) is 33.2 Å². The molecule has 0 aliphatic heterocycles. The van der Waals surface area contributed by atoms with Crippen molar-refractivity contribution in [3.8, 4) is 0 Å². The molecule has 1 atom stereocenters. The number of halogens is 1.